The molecule has 1 heterocycles. The summed E-state index contributed by atoms with van der Waals surface area (Å²) in [5, 5.41) is 0.135. The molecule has 1 aromatic heterocycles. The van der Waals surface area contributed by atoms with Crippen molar-refractivity contribution in [3.8, 4) is 0 Å². The summed E-state index contributed by atoms with van der Waals surface area (Å²) in [7, 11) is 2.46. The molecule has 0 saturated heterocycles. The Morgan fingerprint density at radius 1 is 1.45 bits per heavy atom. The van der Waals surface area contributed by atoms with Gasteiger partial charge in [0.25, 0.3) is 0 Å². The highest BCUT2D eigenvalue weighted by Crippen LogP contribution is 2.34. The molecule has 0 saturated carbocycles. The van der Waals surface area contributed by atoms with Gasteiger partial charge >= 0.3 is 12.3 Å². The minimum absolute atomic E-state index is 0.121. The van der Waals surface area contributed by atoms with Crippen LogP contribution in [-0.4, -0.2) is 34.7 Å². The predicted octanol–water partition coefficient (Wildman–Crippen LogP) is 3.67. The van der Waals surface area contributed by atoms with Gasteiger partial charge in [0.2, 0.25) is 5.82 Å². The first-order valence-corrected chi connectivity index (χ1v) is 6.55. The predicted molar refractivity (Wildman–Crippen MR) is 74.7 cm³/mol. The molecule has 0 unspecified atom stereocenters. The number of halogens is 4. The van der Waals surface area contributed by atoms with E-state index in [-0.39, 0.29) is 22.7 Å². The quantitative estimate of drug-likeness (QED) is 0.841. The van der Waals surface area contributed by atoms with Crippen molar-refractivity contribution in [1.29, 1.82) is 0 Å². The van der Waals surface area contributed by atoms with Gasteiger partial charge in [-0.2, -0.15) is 13.2 Å². The fourth-order valence-corrected chi connectivity index (χ4v) is 2.50. The van der Waals surface area contributed by atoms with Crippen molar-refractivity contribution in [3.63, 3.8) is 0 Å². The Hall–Kier alpha value is -1.96. The molecule has 0 bridgehead atoms. The zero-order valence-electron chi connectivity index (χ0n) is 12.0. The Bertz CT molecular complexity index is 727. The van der Waals surface area contributed by atoms with E-state index in [0.29, 0.717) is 5.56 Å². The molecule has 5 nitrogen and oxygen atoms in total. The number of rotatable bonds is 2. The van der Waals surface area contributed by atoms with Crippen molar-refractivity contribution in [2.24, 2.45) is 0 Å². The van der Waals surface area contributed by atoms with E-state index < -0.39 is 18.1 Å². The molecular formula is C13H13ClF3N3O2. The van der Waals surface area contributed by atoms with Crippen LogP contribution in [-0.2, 0) is 17.6 Å². The Morgan fingerprint density at radius 3 is 2.64 bits per heavy atom. The second kappa shape index (κ2) is 5.68. The van der Waals surface area contributed by atoms with E-state index in [9.17, 15) is 18.0 Å². The fourth-order valence-electron chi connectivity index (χ4n) is 2.13. The average molecular weight is 336 g/mol. The number of hydrogen-bond donors (Lipinski definition) is 0. The van der Waals surface area contributed by atoms with Gasteiger partial charge in [-0.15, -0.1) is 0 Å². The van der Waals surface area contributed by atoms with E-state index in [1.165, 1.54) is 13.1 Å². The number of alkyl halides is 3. The molecule has 1 amide bonds. The highest BCUT2D eigenvalue weighted by atomic mass is 35.5. The second-order valence-corrected chi connectivity index (χ2v) is 5.19. The number of carbonyl (C=O) groups excluding carboxylic acids is 1. The van der Waals surface area contributed by atoms with E-state index >= 15 is 0 Å². The van der Waals surface area contributed by atoms with Crippen LogP contribution < -0.4 is 0 Å². The van der Waals surface area contributed by atoms with Crippen LogP contribution in [0.25, 0.3) is 11.0 Å². The van der Waals surface area contributed by atoms with E-state index in [4.69, 9.17) is 11.6 Å². The summed E-state index contributed by atoms with van der Waals surface area (Å²) in [4.78, 5) is 16.0. The van der Waals surface area contributed by atoms with Crippen molar-refractivity contribution >= 4 is 28.7 Å². The van der Waals surface area contributed by atoms with Gasteiger partial charge in [0, 0.05) is 7.05 Å². The summed E-state index contributed by atoms with van der Waals surface area (Å²) < 4.78 is 44.9. The summed E-state index contributed by atoms with van der Waals surface area (Å²) in [6, 6.07) is 3.05. The molecule has 9 heteroatoms. The van der Waals surface area contributed by atoms with Crippen LogP contribution in [0.2, 0.25) is 5.02 Å². The van der Waals surface area contributed by atoms with Gasteiger partial charge < -0.3 is 9.30 Å². The number of aryl methyl sites for hydroxylation is 1. The van der Waals surface area contributed by atoms with Crippen LogP contribution in [0.1, 0.15) is 11.4 Å². The molecule has 0 radical (unpaired) electrons. The maximum absolute atomic E-state index is 13.2. The highest BCUT2D eigenvalue weighted by Gasteiger charge is 2.38. The molecule has 0 fully saturated rings. The molecular weight excluding hydrogens is 323 g/mol. The first-order valence-electron chi connectivity index (χ1n) is 6.17. The van der Waals surface area contributed by atoms with Crippen molar-refractivity contribution in [2.75, 3.05) is 14.2 Å². The summed E-state index contributed by atoms with van der Waals surface area (Å²) in [5.74, 6) is -1.12. The number of hydrogen-bond acceptors (Lipinski definition) is 3. The number of ether oxygens (including phenoxy) is 1. The highest BCUT2D eigenvalue weighted by molar-refractivity contribution is 6.35. The molecule has 0 spiro atoms. The number of fused-ring (bicyclic) bond motifs is 1. The van der Waals surface area contributed by atoms with E-state index in [2.05, 4.69) is 9.72 Å². The third-order valence-electron chi connectivity index (χ3n) is 3.03. The zero-order chi connectivity index (χ0) is 16.7. The van der Waals surface area contributed by atoms with Crippen LogP contribution in [0.4, 0.5) is 18.0 Å². The van der Waals surface area contributed by atoms with Gasteiger partial charge in [-0.1, -0.05) is 11.6 Å². The summed E-state index contributed by atoms with van der Waals surface area (Å²) in [6.45, 7) is 1.32. The smallest absolute Gasteiger partial charge is 0.449 e. The number of benzene rings is 1. The monoisotopic (exact) mass is 335 g/mol. The number of methoxy groups -OCH3 is 1. The summed E-state index contributed by atoms with van der Waals surface area (Å²) in [5.41, 5.74) is 0.933. The number of carbonyl (C=O) groups is 1. The van der Waals surface area contributed by atoms with Crippen molar-refractivity contribution in [2.45, 2.75) is 19.8 Å². The average Bonchev–Trinajstić information content (AvgIpc) is 2.76. The molecule has 2 aromatic rings. The van der Waals surface area contributed by atoms with Gasteiger partial charge in [-0.05, 0) is 24.6 Å². The van der Waals surface area contributed by atoms with Crippen LogP contribution in [0.3, 0.4) is 0 Å². The van der Waals surface area contributed by atoms with Crippen molar-refractivity contribution < 1.29 is 22.7 Å². The maximum Gasteiger partial charge on any atom is 0.449 e. The van der Waals surface area contributed by atoms with E-state index in [1.54, 1.807) is 13.0 Å². The van der Waals surface area contributed by atoms with Gasteiger partial charge in [0.15, 0.2) is 0 Å². The van der Waals surface area contributed by atoms with Crippen molar-refractivity contribution in [3.05, 3.63) is 28.5 Å². The third-order valence-corrected chi connectivity index (χ3v) is 3.32. The second-order valence-electron chi connectivity index (χ2n) is 4.79. The third kappa shape index (κ3) is 2.96. The molecule has 120 valence electrons. The lowest BCUT2D eigenvalue weighted by atomic mass is 10.2. The van der Waals surface area contributed by atoms with E-state index in [1.807, 2.05) is 0 Å². The number of nitrogens with zero attached hydrogens (tertiary/aromatic N) is 3. The van der Waals surface area contributed by atoms with Crippen LogP contribution in [0.5, 0.6) is 0 Å². The lowest BCUT2D eigenvalue weighted by Crippen LogP contribution is -2.30. The fraction of sp³-hybridized carbons (Fsp3) is 0.385. The Labute approximate surface area is 129 Å². The summed E-state index contributed by atoms with van der Waals surface area (Å²) in [6.07, 6.45) is -5.44. The molecule has 0 aliphatic carbocycles. The molecule has 0 aliphatic rings. The van der Waals surface area contributed by atoms with Gasteiger partial charge in [0.1, 0.15) is 6.67 Å². The maximum atomic E-state index is 13.2. The van der Waals surface area contributed by atoms with Gasteiger partial charge in [-0.3, -0.25) is 4.90 Å². The first kappa shape index (κ1) is 16.4. The Kier molecular flexibility index (Phi) is 4.23. The first-order chi connectivity index (χ1) is 10.1. The van der Waals surface area contributed by atoms with Crippen LogP contribution in [0.15, 0.2) is 12.1 Å². The number of imidazole rings is 1. The van der Waals surface area contributed by atoms with Crippen LogP contribution in [0, 0.1) is 6.92 Å². The molecule has 22 heavy (non-hydrogen) atoms. The standard InChI is InChI=1S/C13H13ClF3N3O2/c1-7-4-8(14)10-9(5-7)18-11(13(15,16)17)20(10)6-19(2)12(21)22-3/h4-5H,6H2,1-3H3. The summed E-state index contributed by atoms with van der Waals surface area (Å²) >= 11 is 6.06. The Balaban J connectivity index is 2.65. The molecule has 0 N–H and O–H groups in total. The normalized spacial score (nSPS) is 11.8. The number of amides is 1. The lowest BCUT2D eigenvalue weighted by Gasteiger charge is -2.19. The minimum atomic E-state index is -4.67. The van der Waals surface area contributed by atoms with E-state index in [0.717, 1.165) is 16.6 Å². The largest absolute Gasteiger partial charge is 0.453 e. The lowest BCUT2D eigenvalue weighted by molar-refractivity contribution is -0.147. The Morgan fingerprint density at radius 2 is 2.09 bits per heavy atom. The number of aromatic nitrogens is 2. The molecule has 2 rings (SSSR count). The van der Waals surface area contributed by atoms with Gasteiger partial charge in [0.05, 0.1) is 23.2 Å². The molecule has 0 atom stereocenters. The van der Waals surface area contributed by atoms with Crippen LogP contribution >= 0.6 is 11.6 Å². The molecule has 1 aromatic carbocycles. The topological polar surface area (TPSA) is 47.4 Å². The SMILES string of the molecule is COC(=O)N(C)Cn1c(C(F)(F)F)nc2cc(C)cc(Cl)c21. The minimum Gasteiger partial charge on any atom is -0.453 e. The zero-order valence-corrected chi connectivity index (χ0v) is 12.8. The van der Waals surface area contributed by atoms with Crippen molar-refractivity contribution in [1.82, 2.24) is 14.5 Å². The van der Waals surface area contributed by atoms with Gasteiger partial charge in [-0.25, -0.2) is 9.78 Å². The molecule has 0 aliphatic heterocycles.